The molecule has 0 saturated heterocycles. The van der Waals surface area contributed by atoms with Crippen LogP contribution in [0.4, 0.5) is 4.79 Å². The number of carboxylic acid groups (broad SMARTS) is 1. The zero-order valence-electron chi connectivity index (χ0n) is 15.1. The molecule has 1 N–H and O–H groups in total. The molecule has 0 fully saturated rings. The van der Waals surface area contributed by atoms with Gasteiger partial charge in [-0.15, -0.1) is 0 Å². The fraction of sp³-hybridized carbons (Fsp3) is 0.286. The summed E-state index contributed by atoms with van der Waals surface area (Å²) in [5.41, 5.74) is 4.57. The molecule has 0 atom stereocenters. The van der Waals surface area contributed by atoms with Gasteiger partial charge in [0.1, 0.15) is 18.8 Å². The van der Waals surface area contributed by atoms with E-state index in [1.54, 1.807) is 0 Å². The van der Waals surface area contributed by atoms with Crippen LogP contribution >= 0.6 is 0 Å². The van der Waals surface area contributed by atoms with E-state index in [1.165, 1.54) is 11.9 Å². The summed E-state index contributed by atoms with van der Waals surface area (Å²) in [5, 5.41) is 8.60. The maximum absolute atomic E-state index is 12.2. The van der Waals surface area contributed by atoms with Crippen LogP contribution in [0.3, 0.4) is 0 Å². The van der Waals surface area contributed by atoms with Gasteiger partial charge in [-0.2, -0.15) is 0 Å². The monoisotopic (exact) mass is 367 g/mol. The van der Waals surface area contributed by atoms with Gasteiger partial charge in [0.05, 0.1) is 0 Å². The zero-order chi connectivity index (χ0) is 19.4. The molecular formula is C21H21NO5. The highest BCUT2D eigenvalue weighted by atomic mass is 16.6. The minimum absolute atomic E-state index is 0.00695. The number of carbonyl (C=O) groups excluding carboxylic acids is 2. The van der Waals surface area contributed by atoms with Crippen LogP contribution < -0.4 is 0 Å². The van der Waals surface area contributed by atoms with Crippen molar-refractivity contribution < 1.29 is 24.2 Å². The fourth-order valence-corrected chi connectivity index (χ4v) is 3.34. The van der Waals surface area contributed by atoms with Gasteiger partial charge in [0.2, 0.25) is 0 Å². The molecule has 0 saturated carbocycles. The number of ketones is 1. The second kappa shape index (κ2) is 8.03. The number of carbonyl (C=O) groups is 3. The molecule has 6 nitrogen and oxygen atoms in total. The molecule has 1 aliphatic rings. The number of nitrogens with zero attached hydrogens (tertiary/aromatic N) is 1. The minimum atomic E-state index is -1.16. The first-order valence-electron chi connectivity index (χ1n) is 8.77. The summed E-state index contributed by atoms with van der Waals surface area (Å²) in [6.07, 6.45) is -1.06. The quantitative estimate of drug-likeness (QED) is 0.759. The number of fused-ring (bicyclic) bond motifs is 3. The summed E-state index contributed by atoms with van der Waals surface area (Å²) in [4.78, 5) is 35.5. The lowest BCUT2D eigenvalue weighted by molar-refractivity contribution is -0.140. The van der Waals surface area contributed by atoms with Crippen molar-refractivity contribution in [2.75, 3.05) is 20.2 Å². The van der Waals surface area contributed by atoms with E-state index in [0.29, 0.717) is 0 Å². The standard InChI is InChI=1S/C21H21NO5/c1-22(11-10-14(23)12-20(24)25)21(26)27-13-19-17-8-4-2-6-15(17)16-7-3-5-9-18(16)19/h2-9,19H,10-13H2,1H3,(H,24,25). The van der Waals surface area contributed by atoms with Gasteiger partial charge < -0.3 is 14.7 Å². The topological polar surface area (TPSA) is 83.9 Å². The molecule has 27 heavy (non-hydrogen) atoms. The Morgan fingerprint density at radius 1 is 1.00 bits per heavy atom. The second-order valence-electron chi connectivity index (χ2n) is 6.58. The number of aliphatic carboxylic acids is 1. The maximum Gasteiger partial charge on any atom is 0.409 e. The molecule has 3 rings (SSSR count). The van der Waals surface area contributed by atoms with Crippen LogP contribution in [0.2, 0.25) is 0 Å². The number of carboxylic acids is 1. The molecule has 140 valence electrons. The Morgan fingerprint density at radius 3 is 2.11 bits per heavy atom. The molecule has 0 radical (unpaired) electrons. The average molecular weight is 367 g/mol. The van der Waals surface area contributed by atoms with E-state index < -0.39 is 24.3 Å². The van der Waals surface area contributed by atoms with Crippen LogP contribution in [-0.2, 0) is 14.3 Å². The molecule has 0 aromatic heterocycles. The molecule has 0 bridgehead atoms. The Balaban J connectivity index is 1.60. The number of amides is 1. The third kappa shape index (κ3) is 4.16. The van der Waals surface area contributed by atoms with E-state index in [2.05, 4.69) is 12.1 Å². The smallest absolute Gasteiger partial charge is 0.409 e. The highest BCUT2D eigenvalue weighted by Gasteiger charge is 2.29. The summed E-state index contributed by atoms with van der Waals surface area (Å²) < 4.78 is 5.47. The van der Waals surface area contributed by atoms with Crippen molar-refractivity contribution in [1.82, 2.24) is 4.90 Å². The summed E-state index contributed by atoms with van der Waals surface area (Å²) in [6.45, 7) is 0.336. The van der Waals surface area contributed by atoms with Gasteiger partial charge in [-0.05, 0) is 22.3 Å². The van der Waals surface area contributed by atoms with Crippen molar-refractivity contribution >= 4 is 17.8 Å². The molecule has 1 aliphatic carbocycles. The third-order valence-electron chi connectivity index (χ3n) is 4.72. The summed E-state index contributed by atoms with van der Waals surface area (Å²) in [5.74, 6) is -1.60. The predicted molar refractivity (Wildman–Crippen MR) is 99.6 cm³/mol. The lowest BCUT2D eigenvalue weighted by atomic mass is 9.98. The molecule has 6 heteroatoms. The van der Waals surface area contributed by atoms with Crippen molar-refractivity contribution in [3.63, 3.8) is 0 Å². The third-order valence-corrected chi connectivity index (χ3v) is 4.72. The minimum Gasteiger partial charge on any atom is -0.481 e. The predicted octanol–water partition coefficient (Wildman–Crippen LogP) is 3.30. The van der Waals surface area contributed by atoms with Gasteiger partial charge in [-0.3, -0.25) is 9.59 Å². The van der Waals surface area contributed by atoms with Crippen molar-refractivity contribution in [1.29, 1.82) is 0 Å². The zero-order valence-corrected chi connectivity index (χ0v) is 15.1. The van der Waals surface area contributed by atoms with Crippen molar-refractivity contribution in [2.24, 2.45) is 0 Å². The molecule has 0 unspecified atom stereocenters. The number of ether oxygens (including phenoxy) is 1. The molecule has 2 aromatic carbocycles. The first-order chi connectivity index (χ1) is 13.0. The second-order valence-corrected chi connectivity index (χ2v) is 6.58. The van der Waals surface area contributed by atoms with Crippen LogP contribution in [0.5, 0.6) is 0 Å². The van der Waals surface area contributed by atoms with E-state index in [-0.39, 0.29) is 25.5 Å². The number of Topliss-reactive ketones (excluding diaryl/α,β-unsaturated/α-hetero) is 1. The normalized spacial score (nSPS) is 12.2. The van der Waals surface area contributed by atoms with Gasteiger partial charge in [0.25, 0.3) is 0 Å². The Bertz CT molecular complexity index is 831. The molecule has 0 spiro atoms. The first-order valence-corrected chi connectivity index (χ1v) is 8.77. The Kier molecular flexibility index (Phi) is 5.54. The fourth-order valence-electron chi connectivity index (χ4n) is 3.34. The van der Waals surface area contributed by atoms with E-state index in [0.717, 1.165) is 22.3 Å². The van der Waals surface area contributed by atoms with Crippen molar-refractivity contribution in [2.45, 2.75) is 18.8 Å². The molecule has 0 heterocycles. The van der Waals surface area contributed by atoms with Crippen molar-refractivity contribution in [3.05, 3.63) is 59.7 Å². The van der Waals surface area contributed by atoms with E-state index in [9.17, 15) is 14.4 Å². The first kappa shape index (κ1) is 18.6. The largest absolute Gasteiger partial charge is 0.481 e. The lowest BCUT2D eigenvalue weighted by Crippen LogP contribution is -2.31. The maximum atomic E-state index is 12.2. The van der Waals surface area contributed by atoms with Crippen LogP contribution in [0.15, 0.2) is 48.5 Å². The van der Waals surface area contributed by atoms with E-state index >= 15 is 0 Å². The number of rotatable bonds is 7. The van der Waals surface area contributed by atoms with Crippen LogP contribution in [0.1, 0.15) is 29.9 Å². The van der Waals surface area contributed by atoms with Gasteiger partial charge in [-0.25, -0.2) is 4.79 Å². The van der Waals surface area contributed by atoms with E-state index in [4.69, 9.17) is 9.84 Å². The van der Waals surface area contributed by atoms with Gasteiger partial charge >= 0.3 is 12.1 Å². The average Bonchev–Trinajstić information content (AvgIpc) is 2.97. The molecule has 1 amide bonds. The van der Waals surface area contributed by atoms with Crippen LogP contribution in [0, 0.1) is 0 Å². The van der Waals surface area contributed by atoms with Gasteiger partial charge in [0, 0.05) is 25.9 Å². The Labute approximate surface area is 157 Å². The number of benzene rings is 2. The summed E-state index contributed by atoms with van der Waals surface area (Å²) in [6, 6.07) is 16.1. The Morgan fingerprint density at radius 2 is 1.56 bits per heavy atom. The van der Waals surface area contributed by atoms with Crippen LogP contribution in [0.25, 0.3) is 11.1 Å². The van der Waals surface area contributed by atoms with E-state index in [1.807, 2.05) is 36.4 Å². The molecular weight excluding hydrogens is 346 g/mol. The highest BCUT2D eigenvalue weighted by Crippen LogP contribution is 2.44. The van der Waals surface area contributed by atoms with Gasteiger partial charge in [-0.1, -0.05) is 48.5 Å². The summed E-state index contributed by atoms with van der Waals surface area (Å²) >= 11 is 0. The van der Waals surface area contributed by atoms with Gasteiger partial charge in [0.15, 0.2) is 0 Å². The number of hydrogen-bond donors (Lipinski definition) is 1. The Hall–Kier alpha value is -3.15. The SMILES string of the molecule is CN(CCC(=O)CC(=O)O)C(=O)OCC1c2ccccc2-c2ccccc21. The van der Waals surface area contributed by atoms with Crippen LogP contribution in [-0.4, -0.2) is 48.1 Å². The summed E-state index contributed by atoms with van der Waals surface area (Å²) in [7, 11) is 1.53. The number of hydrogen-bond acceptors (Lipinski definition) is 4. The van der Waals surface area contributed by atoms with Crippen molar-refractivity contribution in [3.8, 4) is 11.1 Å². The highest BCUT2D eigenvalue weighted by molar-refractivity contribution is 5.94. The lowest BCUT2D eigenvalue weighted by Gasteiger charge is -2.19. The molecule has 2 aromatic rings. The molecule has 0 aliphatic heterocycles.